The Morgan fingerprint density at radius 1 is 1.15 bits per heavy atom. The van der Waals surface area contributed by atoms with Gasteiger partial charge < -0.3 is 4.57 Å². The van der Waals surface area contributed by atoms with Crippen LogP contribution in [0, 0.1) is 0 Å². The van der Waals surface area contributed by atoms with Gasteiger partial charge in [-0.1, -0.05) is 65.9 Å². The Hall–Kier alpha value is -2.08. The van der Waals surface area contributed by atoms with Crippen molar-refractivity contribution >= 4 is 62.8 Å². The summed E-state index contributed by atoms with van der Waals surface area (Å²) >= 11 is 12.5. The van der Waals surface area contributed by atoms with Gasteiger partial charge in [-0.15, -0.1) is 0 Å². The quantitative estimate of drug-likeness (QED) is 0.449. The number of benzene rings is 2. The van der Waals surface area contributed by atoms with Crippen molar-refractivity contribution in [2.45, 2.75) is 6.54 Å². The second-order valence-electron chi connectivity index (χ2n) is 6.10. The summed E-state index contributed by atoms with van der Waals surface area (Å²) in [5, 5.41) is 1.84. The molecule has 0 atom stereocenters. The molecule has 0 unspecified atom stereocenters. The molecule has 4 rings (SSSR count). The number of hydrogen-bond acceptors (Lipinski definition) is 3. The first-order valence-corrected chi connectivity index (χ1v) is 9.67. The van der Waals surface area contributed by atoms with E-state index in [1.165, 1.54) is 22.2 Å². The number of halogens is 1. The molecule has 0 saturated carbocycles. The van der Waals surface area contributed by atoms with Crippen molar-refractivity contribution in [3.8, 4) is 0 Å². The van der Waals surface area contributed by atoms with Gasteiger partial charge in [0.25, 0.3) is 5.91 Å². The fourth-order valence-electron chi connectivity index (χ4n) is 2.99. The zero-order valence-electron chi connectivity index (χ0n) is 14.0. The van der Waals surface area contributed by atoms with Gasteiger partial charge in [0.05, 0.1) is 4.91 Å². The van der Waals surface area contributed by atoms with Crippen molar-refractivity contribution in [1.29, 1.82) is 0 Å². The van der Waals surface area contributed by atoms with Crippen LogP contribution in [0.4, 0.5) is 0 Å². The highest BCUT2D eigenvalue weighted by Gasteiger charge is 2.29. The molecular formula is C20H15ClN2OS2. The summed E-state index contributed by atoms with van der Waals surface area (Å²) in [4.78, 5) is 14.5. The summed E-state index contributed by atoms with van der Waals surface area (Å²) in [5.74, 6) is -0.0467. The zero-order chi connectivity index (χ0) is 18.3. The molecule has 1 aliphatic heterocycles. The van der Waals surface area contributed by atoms with Crippen LogP contribution in [-0.4, -0.2) is 26.7 Å². The number of nitrogens with zero attached hydrogens (tertiary/aromatic N) is 2. The lowest BCUT2D eigenvalue weighted by Crippen LogP contribution is -2.22. The topological polar surface area (TPSA) is 25.2 Å². The molecule has 3 nitrogen and oxygen atoms in total. The molecule has 1 amide bonds. The van der Waals surface area contributed by atoms with Crippen LogP contribution < -0.4 is 0 Å². The normalized spacial score (nSPS) is 16.2. The van der Waals surface area contributed by atoms with E-state index < -0.39 is 0 Å². The van der Waals surface area contributed by atoms with E-state index in [1.54, 1.807) is 7.05 Å². The lowest BCUT2D eigenvalue weighted by Gasteiger charge is -2.05. The molecular weight excluding hydrogens is 384 g/mol. The molecule has 2 heterocycles. The molecule has 26 heavy (non-hydrogen) atoms. The van der Waals surface area contributed by atoms with E-state index in [-0.39, 0.29) is 5.91 Å². The number of likely N-dealkylation sites (N-methyl/N-ethyl adjacent to an activating group) is 1. The molecule has 0 radical (unpaired) electrons. The number of rotatable bonds is 3. The number of fused-ring (bicyclic) bond motifs is 1. The summed E-state index contributed by atoms with van der Waals surface area (Å²) < 4.78 is 2.78. The number of para-hydroxylation sites is 1. The summed E-state index contributed by atoms with van der Waals surface area (Å²) in [5.41, 5.74) is 3.31. The third-order valence-corrected chi connectivity index (χ3v) is 6.10. The SMILES string of the molecule is CN1C(=O)/C(=C\c2cn(Cc3ccc(Cl)cc3)c3ccccc23)SC1=S. The van der Waals surface area contributed by atoms with Crippen LogP contribution in [0.1, 0.15) is 11.1 Å². The van der Waals surface area contributed by atoms with Crippen molar-refractivity contribution in [2.24, 2.45) is 0 Å². The minimum absolute atomic E-state index is 0.0467. The Bertz CT molecular complexity index is 1050. The van der Waals surface area contributed by atoms with Gasteiger partial charge in [-0.2, -0.15) is 0 Å². The van der Waals surface area contributed by atoms with Crippen LogP contribution >= 0.6 is 35.6 Å². The maximum absolute atomic E-state index is 12.3. The monoisotopic (exact) mass is 398 g/mol. The molecule has 1 aromatic heterocycles. The number of thiocarbonyl (C=S) groups is 1. The highest BCUT2D eigenvalue weighted by atomic mass is 35.5. The summed E-state index contributed by atoms with van der Waals surface area (Å²) in [6.45, 7) is 0.736. The summed E-state index contributed by atoms with van der Waals surface area (Å²) in [6, 6.07) is 16.1. The lowest BCUT2D eigenvalue weighted by atomic mass is 10.1. The predicted molar refractivity (Wildman–Crippen MR) is 113 cm³/mol. The Morgan fingerprint density at radius 3 is 2.58 bits per heavy atom. The van der Waals surface area contributed by atoms with Gasteiger partial charge in [0.1, 0.15) is 4.32 Å². The van der Waals surface area contributed by atoms with E-state index in [1.807, 2.05) is 42.5 Å². The van der Waals surface area contributed by atoms with E-state index >= 15 is 0 Å². The Labute approximate surface area is 166 Å². The predicted octanol–water partition coefficient (Wildman–Crippen LogP) is 5.17. The van der Waals surface area contributed by atoms with Crippen molar-refractivity contribution in [2.75, 3.05) is 7.05 Å². The van der Waals surface area contributed by atoms with E-state index in [2.05, 4.69) is 22.9 Å². The zero-order valence-corrected chi connectivity index (χ0v) is 16.4. The molecule has 3 aromatic rings. The van der Waals surface area contributed by atoms with E-state index in [4.69, 9.17) is 23.8 Å². The molecule has 130 valence electrons. The Kier molecular flexibility index (Phi) is 4.61. The average Bonchev–Trinajstić information content (AvgIpc) is 3.10. The Balaban J connectivity index is 1.76. The second-order valence-corrected chi connectivity index (χ2v) is 8.21. The molecule has 1 aliphatic rings. The summed E-state index contributed by atoms with van der Waals surface area (Å²) in [7, 11) is 1.71. The first kappa shape index (κ1) is 17.3. The van der Waals surface area contributed by atoms with Gasteiger partial charge in [0.15, 0.2) is 0 Å². The summed E-state index contributed by atoms with van der Waals surface area (Å²) in [6.07, 6.45) is 4.02. The van der Waals surface area contributed by atoms with E-state index in [0.29, 0.717) is 9.23 Å². The Morgan fingerprint density at radius 2 is 1.88 bits per heavy atom. The number of hydrogen-bond donors (Lipinski definition) is 0. The highest BCUT2D eigenvalue weighted by molar-refractivity contribution is 8.26. The van der Waals surface area contributed by atoms with Gasteiger partial charge in [-0.3, -0.25) is 9.69 Å². The maximum Gasteiger partial charge on any atom is 0.265 e. The molecule has 0 N–H and O–H groups in total. The third-order valence-electron chi connectivity index (χ3n) is 4.36. The van der Waals surface area contributed by atoms with Gasteiger partial charge >= 0.3 is 0 Å². The molecule has 0 aliphatic carbocycles. The van der Waals surface area contributed by atoms with Gasteiger partial charge in [-0.05, 0) is 29.8 Å². The van der Waals surface area contributed by atoms with E-state index in [9.17, 15) is 4.79 Å². The van der Waals surface area contributed by atoms with Crippen LogP contribution in [0.3, 0.4) is 0 Å². The standard InChI is InChI=1S/C20H15ClN2OS2/c1-22-19(24)18(26-20(22)25)10-14-12-23(17-5-3-2-4-16(14)17)11-13-6-8-15(21)9-7-13/h2-10,12H,11H2,1H3/b18-10+. The largest absolute Gasteiger partial charge is 0.342 e. The van der Waals surface area contributed by atoms with Crippen molar-refractivity contribution in [3.05, 3.63) is 75.8 Å². The first-order chi connectivity index (χ1) is 12.5. The van der Waals surface area contributed by atoms with Crippen molar-refractivity contribution in [3.63, 3.8) is 0 Å². The van der Waals surface area contributed by atoms with Crippen LogP contribution in [0.15, 0.2) is 59.6 Å². The molecule has 2 aromatic carbocycles. The maximum atomic E-state index is 12.3. The fraction of sp³-hybridized carbons (Fsp3) is 0.100. The highest BCUT2D eigenvalue weighted by Crippen LogP contribution is 2.33. The van der Waals surface area contributed by atoms with Crippen LogP contribution in [-0.2, 0) is 11.3 Å². The molecule has 0 spiro atoms. The average molecular weight is 399 g/mol. The first-order valence-electron chi connectivity index (χ1n) is 8.07. The smallest absolute Gasteiger partial charge is 0.265 e. The van der Waals surface area contributed by atoms with E-state index in [0.717, 1.165) is 28.0 Å². The lowest BCUT2D eigenvalue weighted by molar-refractivity contribution is -0.121. The third kappa shape index (κ3) is 3.18. The van der Waals surface area contributed by atoms with Gasteiger partial charge in [0, 0.05) is 41.3 Å². The molecule has 0 bridgehead atoms. The second kappa shape index (κ2) is 6.91. The number of amides is 1. The number of aromatic nitrogens is 1. The minimum Gasteiger partial charge on any atom is -0.342 e. The number of carbonyl (C=O) groups excluding carboxylic acids is 1. The van der Waals surface area contributed by atoms with Gasteiger partial charge in [0.2, 0.25) is 0 Å². The van der Waals surface area contributed by atoms with Crippen LogP contribution in [0.2, 0.25) is 5.02 Å². The number of thioether (sulfide) groups is 1. The van der Waals surface area contributed by atoms with Crippen LogP contribution in [0.5, 0.6) is 0 Å². The van der Waals surface area contributed by atoms with Crippen LogP contribution in [0.25, 0.3) is 17.0 Å². The molecule has 1 fully saturated rings. The fourth-order valence-corrected chi connectivity index (χ4v) is 4.29. The van der Waals surface area contributed by atoms with Crippen molar-refractivity contribution in [1.82, 2.24) is 9.47 Å². The molecule has 6 heteroatoms. The minimum atomic E-state index is -0.0467. The van der Waals surface area contributed by atoms with Crippen molar-refractivity contribution < 1.29 is 4.79 Å². The van der Waals surface area contributed by atoms with Gasteiger partial charge in [-0.25, -0.2) is 0 Å². The molecule has 1 saturated heterocycles. The number of carbonyl (C=O) groups is 1.